The molecule has 0 spiro atoms. The highest BCUT2D eigenvalue weighted by molar-refractivity contribution is 4.94. The number of hydrogen-bond donors (Lipinski definition) is 6. The summed E-state index contributed by atoms with van der Waals surface area (Å²) in [6.07, 6.45) is -13.6. The van der Waals surface area contributed by atoms with Crippen LogP contribution in [0.2, 0.25) is 0 Å². The minimum absolute atomic E-state index is 0.462. The van der Waals surface area contributed by atoms with E-state index < -0.39 is 73.4 Å². The molecule has 2 aliphatic heterocycles. The van der Waals surface area contributed by atoms with E-state index in [4.69, 9.17) is 19.3 Å². The Labute approximate surface area is 150 Å². The molecule has 0 aromatic carbocycles. The maximum atomic E-state index is 12.9. The van der Waals surface area contributed by atoms with E-state index in [9.17, 15) is 34.4 Å². The molecule has 2 saturated heterocycles. The van der Waals surface area contributed by atoms with Crippen molar-refractivity contribution in [2.24, 2.45) is 0 Å². The Hall–Kier alpha value is -1.71. The fraction of sp³-hybridized carbons (Fsp3) is 0.714. The first kappa shape index (κ1) is 20.0. The summed E-state index contributed by atoms with van der Waals surface area (Å²) in [7, 11) is 0. The average molecular weight is 394 g/mol. The van der Waals surface area contributed by atoms with E-state index in [-0.39, 0.29) is 0 Å². The molecule has 0 aliphatic carbocycles. The van der Waals surface area contributed by atoms with Crippen molar-refractivity contribution in [1.82, 2.24) is 9.55 Å². The molecule has 0 bridgehead atoms. The Morgan fingerprint density at radius 1 is 1.15 bits per heavy atom. The second-order valence-corrected chi connectivity index (χ2v) is 6.22. The highest BCUT2D eigenvalue weighted by atomic mass is 19.1. The molecule has 0 amide bonds. The Kier molecular flexibility index (Phi) is 5.73. The minimum Gasteiger partial charge on any atom is -0.387 e. The number of aromatic nitrogens is 2. The number of rotatable bonds is 5. The second-order valence-electron chi connectivity index (χ2n) is 6.22. The third-order valence-corrected chi connectivity index (χ3v) is 4.42. The lowest BCUT2D eigenvalue weighted by molar-refractivity contribution is -0.207. The quantitative estimate of drug-likeness (QED) is 0.287. The predicted octanol–water partition coefficient (Wildman–Crippen LogP) is -4.09. The number of nitrogens with zero attached hydrogens (tertiary/aromatic N) is 1. The molecule has 2 fully saturated rings. The van der Waals surface area contributed by atoms with E-state index in [1.165, 1.54) is 0 Å². The van der Waals surface area contributed by atoms with Gasteiger partial charge in [-0.2, -0.15) is 0 Å². The van der Waals surface area contributed by atoms with Gasteiger partial charge >= 0.3 is 5.69 Å². The summed E-state index contributed by atoms with van der Waals surface area (Å²) >= 11 is 0. The highest BCUT2D eigenvalue weighted by Gasteiger charge is 2.49. The van der Waals surface area contributed by atoms with Gasteiger partial charge in [-0.1, -0.05) is 0 Å². The molecule has 2 aliphatic rings. The lowest BCUT2D eigenvalue weighted by Gasteiger charge is -2.20. The van der Waals surface area contributed by atoms with E-state index in [0.717, 1.165) is 16.8 Å². The van der Waals surface area contributed by atoms with Crippen LogP contribution in [-0.4, -0.2) is 91.0 Å². The van der Waals surface area contributed by atoms with Gasteiger partial charge in [-0.25, -0.2) is 9.18 Å². The molecular weight excluding hydrogens is 375 g/mol. The Balaban J connectivity index is 1.65. The summed E-state index contributed by atoms with van der Waals surface area (Å²) in [5, 5.41) is 48.3. The lowest BCUT2D eigenvalue weighted by atomic mass is 10.1. The van der Waals surface area contributed by atoms with E-state index in [1.807, 2.05) is 4.98 Å². The van der Waals surface area contributed by atoms with Crippen molar-refractivity contribution in [3.05, 3.63) is 33.1 Å². The molecule has 0 radical (unpaired) electrons. The normalized spacial score (nSPS) is 40.4. The molecule has 2 unspecified atom stereocenters. The zero-order chi connectivity index (χ0) is 19.9. The van der Waals surface area contributed by atoms with Gasteiger partial charge in [-0.15, -0.1) is 0 Å². The zero-order valence-corrected chi connectivity index (χ0v) is 13.7. The summed E-state index contributed by atoms with van der Waals surface area (Å²) in [6, 6.07) is 1.03. The van der Waals surface area contributed by atoms with Gasteiger partial charge in [0.1, 0.15) is 36.6 Å². The Bertz CT molecular complexity index is 769. The monoisotopic (exact) mass is 394 g/mol. The average Bonchev–Trinajstić information content (AvgIpc) is 3.05. The third kappa shape index (κ3) is 3.81. The molecule has 1 aromatic rings. The molecule has 9 atom stereocenters. The van der Waals surface area contributed by atoms with Gasteiger partial charge in [0, 0.05) is 12.3 Å². The number of aliphatic hydroxyl groups excluding tert-OH is 5. The molecule has 13 heteroatoms. The number of aromatic amines is 1. The van der Waals surface area contributed by atoms with E-state index >= 15 is 0 Å². The van der Waals surface area contributed by atoms with Crippen molar-refractivity contribution >= 4 is 0 Å². The number of aliphatic hydroxyl groups is 5. The molecule has 1 aromatic heterocycles. The van der Waals surface area contributed by atoms with Gasteiger partial charge in [0.05, 0.1) is 6.61 Å². The summed E-state index contributed by atoms with van der Waals surface area (Å²) < 4.78 is 29.2. The lowest BCUT2D eigenvalue weighted by Crippen LogP contribution is -2.39. The maximum absolute atomic E-state index is 12.9. The fourth-order valence-electron chi connectivity index (χ4n) is 2.95. The van der Waals surface area contributed by atoms with Crippen LogP contribution >= 0.6 is 0 Å². The van der Waals surface area contributed by atoms with Crippen LogP contribution in [0.15, 0.2) is 21.9 Å². The topological polar surface area (TPSA) is 184 Å². The Morgan fingerprint density at radius 3 is 2.44 bits per heavy atom. The van der Waals surface area contributed by atoms with Crippen LogP contribution in [0.5, 0.6) is 0 Å². The zero-order valence-electron chi connectivity index (χ0n) is 13.7. The summed E-state index contributed by atoms with van der Waals surface area (Å²) in [4.78, 5) is 24.9. The molecule has 12 nitrogen and oxygen atoms in total. The first-order chi connectivity index (χ1) is 12.7. The van der Waals surface area contributed by atoms with Crippen molar-refractivity contribution in [2.45, 2.75) is 55.5 Å². The number of alkyl halides is 1. The number of halogens is 1. The van der Waals surface area contributed by atoms with Gasteiger partial charge in [0.15, 0.2) is 12.5 Å². The van der Waals surface area contributed by atoms with E-state index in [2.05, 4.69) is 0 Å². The van der Waals surface area contributed by atoms with Crippen molar-refractivity contribution in [3.63, 3.8) is 0 Å². The smallest absolute Gasteiger partial charge is 0.330 e. The van der Waals surface area contributed by atoms with Crippen LogP contribution in [0, 0.1) is 0 Å². The highest BCUT2D eigenvalue weighted by Crippen LogP contribution is 2.30. The van der Waals surface area contributed by atoms with Crippen LogP contribution in [0.3, 0.4) is 0 Å². The summed E-state index contributed by atoms with van der Waals surface area (Å²) in [5.41, 5.74) is -1.52. The van der Waals surface area contributed by atoms with Crippen LogP contribution in [0.1, 0.15) is 6.23 Å². The summed E-state index contributed by atoms with van der Waals surface area (Å²) in [5.74, 6) is 0. The molecule has 27 heavy (non-hydrogen) atoms. The molecule has 3 heterocycles. The van der Waals surface area contributed by atoms with Crippen molar-refractivity contribution in [2.75, 3.05) is 6.61 Å². The van der Waals surface area contributed by atoms with Gasteiger partial charge in [0.2, 0.25) is 6.36 Å². The van der Waals surface area contributed by atoms with Gasteiger partial charge in [-0.3, -0.25) is 14.3 Å². The van der Waals surface area contributed by atoms with Crippen molar-refractivity contribution < 1.29 is 44.1 Å². The number of hydrogen-bond acceptors (Lipinski definition) is 10. The Morgan fingerprint density at radius 2 is 1.85 bits per heavy atom. The van der Waals surface area contributed by atoms with Crippen molar-refractivity contribution in [1.29, 1.82) is 0 Å². The third-order valence-electron chi connectivity index (χ3n) is 4.42. The van der Waals surface area contributed by atoms with Gasteiger partial charge in [-0.05, 0) is 0 Å². The second kappa shape index (κ2) is 7.73. The van der Waals surface area contributed by atoms with Crippen LogP contribution in [0.25, 0.3) is 0 Å². The van der Waals surface area contributed by atoms with Crippen molar-refractivity contribution in [3.8, 4) is 0 Å². The molecule has 0 saturated carbocycles. The van der Waals surface area contributed by atoms with Gasteiger partial charge < -0.3 is 39.7 Å². The van der Waals surface area contributed by atoms with Crippen LogP contribution in [-0.2, 0) is 14.2 Å². The SMILES string of the molecule is O=c1ccn([C@@H]2O[C@H](COC3O[C@H](C(O)F)[C@@H](O)[C@@H]3O)[C@@H](O)[C@H]2O)c(=O)[nH]1. The predicted molar refractivity (Wildman–Crippen MR) is 81.0 cm³/mol. The number of nitrogens with one attached hydrogen (secondary N) is 1. The standard InChI is InChI=1S/C14H19FN2O10/c15-11(23)10-7(20)9(22)13(27-10)25-3-4-6(19)8(21)12(26-4)17-2-1-5(18)16-14(17)24/h1-2,4,6-13,19-23H,3H2,(H,16,18,24)/t4-,6-,7+,8-,9+,10+,11?,12-,13?/m1/s1. The first-order valence-corrected chi connectivity index (χ1v) is 7.99. The van der Waals surface area contributed by atoms with Crippen LogP contribution < -0.4 is 11.2 Å². The maximum Gasteiger partial charge on any atom is 0.330 e. The number of ether oxygens (including phenoxy) is 3. The molecule has 6 N–H and O–H groups in total. The first-order valence-electron chi connectivity index (χ1n) is 7.99. The number of H-pyrrole nitrogens is 1. The largest absolute Gasteiger partial charge is 0.387 e. The molecule has 152 valence electrons. The van der Waals surface area contributed by atoms with E-state index in [0.29, 0.717) is 0 Å². The summed E-state index contributed by atoms with van der Waals surface area (Å²) in [6.45, 7) is -0.462. The van der Waals surface area contributed by atoms with E-state index in [1.54, 1.807) is 0 Å². The van der Waals surface area contributed by atoms with Crippen LogP contribution in [0.4, 0.5) is 4.39 Å². The fourth-order valence-corrected chi connectivity index (χ4v) is 2.95. The molecule has 3 rings (SSSR count). The van der Waals surface area contributed by atoms with Gasteiger partial charge in [0.25, 0.3) is 5.56 Å². The molecular formula is C14H19FN2O10. The minimum atomic E-state index is -2.55.